The van der Waals surface area contributed by atoms with Crippen molar-refractivity contribution in [2.24, 2.45) is 5.73 Å². The lowest BCUT2D eigenvalue weighted by Crippen LogP contribution is -2.41. The van der Waals surface area contributed by atoms with Crippen LogP contribution in [0.15, 0.2) is 42.5 Å². The quantitative estimate of drug-likeness (QED) is 0.816. The van der Waals surface area contributed by atoms with Crippen LogP contribution < -0.4 is 11.1 Å². The number of halogens is 2. The van der Waals surface area contributed by atoms with E-state index < -0.39 is 17.7 Å². The van der Waals surface area contributed by atoms with Crippen molar-refractivity contribution >= 4 is 5.91 Å². The van der Waals surface area contributed by atoms with Crippen LogP contribution in [0.5, 0.6) is 0 Å². The number of benzene rings is 2. The van der Waals surface area contributed by atoms with Crippen molar-refractivity contribution in [3.8, 4) is 11.1 Å². The van der Waals surface area contributed by atoms with Gasteiger partial charge in [-0.3, -0.25) is 4.79 Å². The molecule has 1 unspecified atom stereocenters. The van der Waals surface area contributed by atoms with Gasteiger partial charge in [0, 0.05) is 6.54 Å². The molecular weight excluding hydrogens is 310 g/mol. The summed E-state index contributed by atoms with van der Waals surface area (Å²) in [6.45, 7) is 2.50. The molecule has 2 aromatic carbocycles. The van der Waals surface area contributed by atoms with Crippen LogP contribution in [0, 0.1) is 11.6 Å². The SMILES string of the molecule is CCCC(N)C(=O)NCCc1ccc(-c2ccc(F)c(F)c2)cc1. The molecule has 0 aromatic heterocycles. The Morgan fingerprint density at radius 3 is 2.38 bits per heavy atom. The molecule has 0 radical (unpaired) electrons. The summed E-state index contributed by atoms with van der Waals surface area (Å²) in [7, 11) is 0. The fourth-order valence-corrected chi connectivity index (χ4v) is 2.44. The standard InChI is InChI=1S/C19H22F2N2O/c1-2-3-18(22)19(24)23-11-10-13-4-6-14(7-5-13)15-8-9-16(20)17(21)12-15/h4-9,12,18H,2-3,10-11,22H2,1H3,(H,23,24). The van der Waals surface area contributed by atoms with E-state index in [0.29, 0.717) is 24.9 Å². The maximum absolute atomic E-state index is 13.3. The fourth-order valence-electron chi connectivity index (χ4n) is 2.44. The van der Waals surface area contributed by atoms with Gasteiger partial charge in [-0.15, -0.1) is 0 Å². The van der Waals surface area contributed by atoms with Crippen molar-refractivity contribution in [3.63, 3.8) is 0 Å². The second kappa shape index (κ2) is 8.55. The van der Waals surface area contributed by atoms with Gasteiger partial charge in [-0.1, -0.05) is 43.7 Å². The molecule has 0 fully saturated rings. The van der Waals surface area contributed by atoms with E-state index in [2.05, 4.69) is 5.32 Å². The lowest BCUT2D eigenvalue weighted by atomic mass is 10.0. The molecular formula is C19H22F2N2O. The molecule has 0 saturated carbocycles. The summed E-state index contributed by atoms with van der Waals surface area (Å²) in [5, 5.41) is 2.82. The van der Waals surface area contributed by atoms with Gasteiger partial charge in [-0.05, 0) is 41.7 Å². The van der Waals surface area contributed by atoms with Crippen LogP contribution >= 0.6 is 0 Å². The van der Waals surface area contributed by atoms with Crippen molar-refractivity contribution in [3.05, 3.63) is 59.7 Å². The van der Waals surface area contributed by atoms with Gasteiger partial charge < -0.3 is 11.1 Å². The van der Waals surface area contributed by atoms with Gasteiger partial charge in [0.05, 0.1) is 6.04 Å². The van der Waals surface area contributed by atoms with E-state index in [-0.39, 0.29) is 5.91 Å². The van der Waals surface area contributed by atoms with Crippen LogP contribution in [0.2, 0.25) is 0 Å². The first-order chi connectivity index (χ1) is 11.5. The van der Waals surface area contributed by atoms with Gasteiger partial charge in [0.1, 0.15) is 0 Å². The molecule has 24 heavy (non-hydrogen) atoms. The Morgan fingerprint density at radius 2 is 1.75 bits per heavy atom. The Labute approximate surface area is 140 Å². The van der Waals surface area contributed by atoms with Crippen molar-refractivity contribution in [2.45, 2.75) is 32.2 Å². The van der Waals surface area contributed by atoms with Gasteiger partial charge in [0.25, 0.3) is 0 Å². The Morgan fingerprint density at radius 1 is 1.08 bits per heavy atom. The van der Waals surface area contributed by atoms with E-state index in [9.17, 15) is 13.6 Å². The number of rotatable bonds is 7. The van der Waals surface area contributed by atoms with E-state index in [1.807, 2.05) is 31.2 Å². The molecule has 128 valence electrons. The van der Waals surface area contributed by atoms with Gasteiger partial charge in [0.2, 0.25) is 5.91 Å². The Kier molecular flexibility index (Phi) is 6.44. The van der Waals surface area contributed by atoms with Gasteiger partial charge in [-0.2, -0.15) is 0 Å². The van der Waals surface area contributed by atoms with E-state index in [1.54, 1.807) is 6.07 Å². The average molecular weight is 332 g/mol. The molecule has 2 rings (SSSR count). The average Bonchev–Trinajstić information content (AvgIpc) is 2.58. The van der Waals surface area contributed by atoms with E-state index >= 15 is 0 Å². The minimum absolute atomic E-state index is 0.129. The highest BCUT2D eigenvalue weighted by Gasteiger charge is 2.11. The Hall–Kier alpha value is -2.27. The summed E-state index contributed by atoms with van der Waals surface area (Å²) in [6.07, 6.45) is 2.23. The molecule has 0 aliphatic rings. The molecule has 0 aliphatic heterocycles. The first-order valence-electron chi connectivity index (χ1n) is 8.09. The third-order valence-corrected chi connectivity index (χ3v) is 3.86. The number of nitrogens with two attached hydrogens (primary N) is 1. The fraction of sp³-hybridized carbons (Fsp3) is 0.316. The molecule has 1 amide bonds. The number of hydrogen-bond donors (Lipinski definition) is 2. The number of amides is 1. The van der Waals surface area contributed by atoms with Crippen molar-refractivity contribution in [1.82, 2.24) is 5.32 Å². The zero-order chi connectivity index (χ0) is 17.5. The largest absolute Gasteiger partial charge is 0.354 e. The summed E-state index contributed by atoms with van der Waals surface area (Å²) in [4.78, 5) is 11.7. The predicted molar refractivity (Wildman–Crippen MR) is 91.4 cm³/mol. The van der Waals surface area contributed by atoms with Crippen molar-refractivity contribution < 1.29 is 13.6 Å². The smallest absolute Gasteiger partial charge is 0.236 e. The molecule has 5 heteroatoms. The van der Waals surface area contributed by atoms with E-state index in [1.165, 1.54) is 6.07 Å². The monoisotopic (exact) mass is 332 g/mol. The normalized spacial score (nSPS) is 12.0. The first-order valence-corrected chi connectivity index (χ1v) is 8.09. The molecule has 0 bridgehead atoms. The number of nitrogens with one attached hydrogen (secondary N) is 1. The van der Waals surface area contributed by atoms with Crippen LogP contribution in [-0.2, 0) is 11.2 Å². The van der Waals surface area contributed by atoms with Crippen LogP contribution in [0.4, 0.5) is 8.78 Å². The lowest BCUT2D eigenvalue weighted by molar-refractivity contribution is -0.122. The first kappa shape index (κ1) is 18.1. The maximum Gasteiger partial charge on any atom is 0.236 e. The summed E-state index contributed by atoms with van der Waals surface area (Å²) < 4.78 is 26.3. The zero-order valence-electron chi connectivity index (χ0n) is 13.7. The van der Waals surface area contributed by atoms with Crippen molar-refractivity contribution in [2.75, 3.05) is 6.54 Å². The van der Waals surface area contributed by atoms with Crippen LogP contribution in [0.3, 0.4) is 0 Å². The van der Waals surface area contributed by atoms with Gasteiger partial charge in [0.15, 0.2) is 11.6 Å². The highest BCUT2D eigenvalue weighted by atomic mass is 19.2. The summed E-state index contributed by atoms with van der Waals surface area (Å²) in [6, 6.07) is 10.9. The van der Waals surface area contributed by atoms with Crippen LogP contribution in [-0.4, -0.2) is 18.5 Å². The zero-order valence-corrected chi connectivity index (χ0v) is 13.7. The van der Waals surface area contributed by atoms with E-state index in [0.717, 1.165) is 23.6 Å². The maximum atomic E-state index is 13.3. The highest BCUT2D eigenvalue weighted by Crippen LogP contribution is 2.22. The number of carbonyl (C=O) groups is 1. The third-order valence-electron chi connectivity index (χ3n) is 3.86. The van der Waals surface area contributed by atoms with Crippen molar-refractivity contribution in [1.29, 1.82) is 0 Å². The molecule has 3 nitrogen and oxygen atoms in total. The lowest BCUT2D eigenvalue weighted by Gasteiger charge is -2.11. The number of hydrogen-bond acceptors (Lipinski definition) is 2. The molecule has 0 aliphatic carbocycles. The molecule has 1 atom stereocenters. The van der Waals surface area contributed by atoms with Crippen LogP contribution in [0.25, 0.3) is 11.1 Å². The summed E-state index contributed by atoms with van der Waals surface area (Å²) >= 11 is 0. The topological polar surface area (TPSA) is 55.1 Å². The molecule has 0 saturated heterocycles. The minimum atomic E-state index is -0.859. The second-order valence-corrected chi connectivity index (χ2v) is 5.76. The molecule has 3 N–H and O–H groups in total. The summed E-state index contributed by atoms with van der Waals surface area (Å²) in [5.41, 5.74) is 8.23. The third kappa shape index (κ3) is 4.86. The molecule has 2 aromatic rings. The predicted octanol–water partition coefficient (Wildman–Crippen LogP) is 3.42. The van der Waals surface area contributed by atoms with Gasteiger partial charge in [-0.25, -0.2) is 8.78 Å². The Bertz CT molecular complexity index is 686. The highest BCUT2D eigenvalue weighted by molar-refractivity contribution is 5.81. The molecule has 0 heterocycles. The van der Waals surface area contributed by atoms with Gasteiger partial charge >= 0.3 is 0 Å². The number of carbonyl (C=O) groups excluding carboxylic acids is 1. The summed E-state index contributed by atoms with van der Waals surface area (Å²) in [5.74, 6) is -1.84. The van der Waals surface area contributed by atoms with E-state index in [4.69, 9.17) is 5.73 Å². The minimum Gasteiger partial charge on any atom is -0.354 e. The molecule has 0 spiro atoms. The van der Waals surface area contributed by atoms with Crippen LogP contribution in [0.1, 0.15) is 25.3 Å². The Balaban J connectivity index is 1.90. The second-order valence-electron chi connectivity index (χ2n) is 5.76.